The Kier molecular flexibility index (Phi) is 2.97. The fourth-order valence-electron chi connectivity index (χ4n) is 1.40. The quantitative estimate of drug-likeness (QED) is 0.827. The van der Waals surface area contributed by atoms with E-state index in [9.17, 15) is 8.78 Å². The molecule has 6 heteroatoms. The molecule has 17 heavy (non-hydrogen) atoms. The first-order valence-electron chi connectivity index (χ1n) is 4.88. The number of nitrogen functional groups attached to an aromatic ring is 1. The molecule has 0 spiro atoms. The van der Waals surface area contributed by atoms with Gasteiger partial charge in [-0.25, -0.2) is 18.7 Å². The Morgan fingerprint density at radius 3 is 2.29 bits per heavy atom. The van der Waals surface area contributed by atoms with E-state index in [2.05, 4.69) is 9.97 Å². The number of nitrogens with two attached hydrogens (primary N) is 2. The topological polar surface area (TPSA) is 77.8 Å². The standard InChI is InChI=1S/C11H10F2N4/c12-8-1-6(2-9(13)3-8)11-16-5-7(4-14)10(15)17-11/h1-3,5H,4,14H2,(H2,15,16,17). The fourth-order valence-corrected chi connectivity index (χ4v) is 1.40. The second-order valence-electron chi connectivity index (χ2n) is 3.47. The minimum atomic E-state index is -0.690. The molecule has 1 aromatic carbocycles. The Morgan fingerprint density at radius 1 is 1.12 bits per heavy atom. The monoisotopic (exact) mass is 236 g/mol. The van der Waals surface area contributed by atoms with Crippen LogP contribution in [0.2, 0.25) is 0 Å². The van der Waals surface area contributed by atoms with Gasteiger partial charge in [0.15, 0.2) is 5.82 Å². The van der Waals surface area contributed by atoms with Gasteiger partial charge in [0.1, 0.15) is 17.5 Å². The van der Waals surface area contributed by atoms with Crippen LogP contribution in [0.3, 0.4) is 0 Å². The van der Waals surface area contributed by atoms with Crippen LogP contribution in [0.5, 0.6) is 0 Å². The molecule has 0 fully saturated rings. The third-order valence-corrected chi connectivity index (χ3v) is 2.24. The molecule has 0 saturated heterocycles. The molecule has 0 bridgehead atoms. The number of hydrogen-bond donors (Lipinski definition) is 2. The molecule has 88 valence electrons. The van der Waals surface area contributed by atoms with Gasteiger partial charge in [0.2, 0.25) is 0 Å². The van der Waals surface area contributed by atoms with Gasteiger partial charge in [-0.15, -0.1) is 0 Å². The highest BCUT2D eigenvalue weighted by molar-refractivity contribution is 5.57. The lowest BCUT2D eigenvalue weighted by molar-refractivity contribution is 0.584. The molecule has 4 N–H and O–H groups in total. The van der Waals surface area contributed by atoms with E-state index in [4.69, 9.17) is 11.5 Å². The van der Waals surface area contributed by atoms with Crippen molar-refractivity contribution in [1.29, 1.82) is 0 Å². The maximum atomic E-state index is 13.0. The maximum Gasteiger partial charge on any atom is 0.161 e. The molecule has 0 amide bonds. The SMILES string of the molecule is NCc1cnc(-c2cc(F)cc(F)c2)nc1N. The van der Waals surface area contributed by atoms with E-state index in [1.807, 2.05) is 0 Å². The summed E-state index contributed by atoms with van der Waals surface area (Å²) >= 11 is 0. The van der Waals surface area contributed by atoms with Crippen LogP contribution in [0.4, 0.5) is 14.6 Å². The van der Waals surface area contributed by atoms with Gasteiger partial charge < -0.3 is 11.5 Å². The highest BCUT2D eigenvalue weighted by Crippen LogP contribution is 2.19. The number of hydrogen-bond acceptors (Lipinski definition) is 4. The smallest absolute Gasteiger partial charge is 0.161 e. The number of aromatic nitrogens is 2. The number of halogens is 2. The van der Waals surface area contributed by atoms with Gasteiger partial charge in [0.25, 0.3) is 0 Å². The van der Waals surface area contributed by atoms with Crippen LogP contribution in [0, 0.1) is 11.6 Å². The third kappa shape index (κ3) is 2.36. The van der Waals surface area contributed by atoms with Gasteiger partial charge >= 0.3 is 0 Å². The van der Waals surface area contributed by atoms with Crippen LogP contribution in [0.1, 0.15) is 5.56 Å². The van der Waals surface area contributed by atoms with Crippen molar-refractivity contribution in [3.05, 3.63) is 41.6 Å². The normalized spacial score (nSPS) is 10.5. The first-order chi connectivity index (χ1) is 8.10. The maximum absolute atomic E-state index is 13.0. The Hall–Kier alpha value is -2.08. The summed E-state index contributed by atoms with van der Waals surface area (Å²) in [4.78, 5) is 7.91. The average Bonchev–Trinajstić information content (AvgIpc) is 2.27. The van der Waals surface area contributed by atoms with Crippen LogP contribution >= 0.6 is 0 Å². The van der Waals surface area contributed by atoms with E-state index in [1.54, 1.807) is 0 Å². The summed E-state index contributed by atoms with van der Waals surface area (Å²) in [5, 5.41) is 0. The van der Waals surface area contributed by atoms with Crippen molar-refractivity contribution in [3.8, 4) is 11.4 Å². The van der Waals surface area contributed by atoms with E-state index in [-0.39, 0.29) is 23.8 Å². The number of nitrogens with zero attached hydrogens (tertiary/aromatic N) is 2. The summed E-state index contributed by atoms with van der Waals surface area (Å²) in [5.41, 5.74) is 11.9. The van der Waals surface area contributed by atoms with Gasteiger partial charge in [-0.3, -0.25) is 0 Å². The number of anilines is 1. The largest absolute Gasteiger partial charge is 0.383 e. The van der Waals surface area contributed by atoms with Gasteiger partial charge in [0, 0.05) is 29.9 Å². The molecule has 1 aromatic heterocycles. The zero-order valence-corrected chi connectivity index (χ0v) is 8.82. The van der Waals surface area contributed by atoms with Gasteiger partial charge in [-0.2, -0.15) is 0 Å². The molecular formula is C11H10F2N4. The Balaban J connectivity index is 2.49. The first kappa shape index (κ1) is 11.4. The summed E-state index contributed by atoms with van der Waals surface area (Å²) in [5.74, 6) is -1.00. The summed E-state index contributed by atoms with van der Waals surface area (Å²) in [6.07, 6.45) is 1.44. The van der Waals surface area contributed by atoms with Crippen molar-refractivity contribution >= 4 is 5.82 Å². The second-order valence-corrected chi connectivity index (χ2v) is 3.47. The zero-order chi connectivity index (χ0) is 12.4. The molecule has 0 atom stereocenters. The van der Waals surface area contributed by atoms with Crippen LogP contribution in [-0.2, 0) is 6.54 Å². The van der Waals surface area contributed by atoms with Crippen molar-refractivity contribution in [2.24, 2.45) is 5.73 Å². The number of rotatable bonds is 2. The predicted octanol–water partition coefficient (Wildman–Crippen LogP) is 1.46. The lowest BCUT2D eigenvalue weighted by atomic mass is 10.2. The van der Waals surface area contributed by atoms with E-state index < -0.39 is 11.6 Å². The molecule has 0 aliphatic heterocycles. The molecule has 0 saturated carbocycles. The van der Waals surface area contributed by atoms with Gasteiger partial charge in [0.05, 0.1) is 0 Å². The van der Waals surface area contributed by atoms with Crippen molar-refractivity contribution < 1.29 is 8.78 Å². The van der Waals surface area contributed by atoms with Gasteiger partial charge in [-0.05, 0) is 12.1 Å². The van der Waals surface area contributed by atoms with Crippen molar-refractivity contribution in [2.75, 3.05) is 5.73 Å². The van der Waals surface area contributed by atoms with E-state index in [0.717, 1.165) is 18.2 Å². The Labute approximate surface area is 96.3 Å². The highest BCUT2D eigenvalue weighted by atomic mass is 19.1. The minimum absolute atomic E-state index is 0.165. The Morgan fingerprint density at radius 2 is 1.76 bits per heavy atom. The summed E-state index contributed by atoms with van der Waals surface area (Å²) in [6.45, 7) is 0.212. The van der Waals surface area contributed by atoms with Crippen LogP contribution in [0.15, 0.2) is 24.4 Å². The molecule has 2 aromatic rings. The first-order valence-corrected chi connectivity index (χ1v) is 4.88. The molecular weight excluding hydrogens is 226 g/mol. The van der Waals surface area contributed by atoms with E-state index in [1.165, 1.54) is 6.20 Å². The zero-order valence-electron chi connectivity index (χ0n) is 8.82. The van der Waals surface area contributed by atoms with Crippen LogP contribution in [-0.4, -0.2) is 9.97 Å². The highest BCUT2D eigenvalue weighted by Gasteiger charge is 2.08. The van der Waals surface area contributed by atoms with Crippen molar-refractivity contribution in [3.63, 3.8) is 0 Å². The number of benzene rings is 1. The fraction of sp³-hybridized carbons (Fsp3) is 0.0909. The summed E-state index contributed by atoms with van der Waals surface area (Å²) < 4.78 is 26.0. The Bertz CT molecular complexity index is 537. The van der Waals surface area contributed by atoms with Crippen LogP contribution in [0.25, 0.3) is 11.4 Å². The summed E-state index contributed by atoms with van der Waals surface area (Å²) in [7, 11) is 0. The molecule has 1 heterocycles. The molecule has 0 aliphatic carbocycles. The third-order valence-electron chi connectivity index (χ3n) is 2.24. The lowest BCUT2D eigenvalue weighted by Gasteiger charge is -2.05. The van der Waals surface area contributed by atoms with Crippen LogP contribution < -0.4 is 11.5 Å². The molecule has 0 unspecified atom stereocenters. The van der Waals surface area contributed by atoms with E-state index >= 15 is 0 Å². The molecule has 4 nitrogen and oxygen atoms in total. The minimum Gasteiger partial charge on any atom is -0.383 e. The van der Waals surface area contributed by atoms with E-state index in [0.29, 0.717) is 5.56 Å². The average molecular weight is 236 g/mol. The van der Waals surface area contributed by atoms with Crippen molar-refractivity contribution in [1.82, 2.24) is 9.97 Å². The predicted molar refractivity (Wildman–Crippen MR) is 59.7 cm³/mol. The molecule has 0 aliphatic rings. The molecule has 0 radical (unpaired) electrons. The molecule has 2 rings (SSSR count). The lowest BCUT2D eigenvalue weighted by Crippen LogP contribution is -2.05. The van der Waals surface area contributed by atoms with Crippen molar-refractivity contribution in [2.45, 2.75) is 6.54 Å². The van der Waals surface area contributed by atoms with Gasteiger partial charge in [-0.1, -0.05) is 0 Å². The summed E-state index contributed by atoms with van der Waals surface area (Å²) in [6, 6.07) is 3.06. The second kappa shape index (κ2) is 4.42.